The highest BCUT2D eigenvalue weighted by Gasteiger charge is 2.38. The maximum atomic E-state index is 6.32. The first-order valence-corrected chi connectivity index (χ1v) is 7.50. The molecule has 0 bridgehead atoms. The fraction of sp³-hybridized carbons (Fsp3) is 0.647. The predicted octanol–water partition coefficient (Wildman–Crippen LogP) is 3.99. The fourth-order valence-corrected chi connectivity index (χ4v) is 2.59. The van der Waals surface area contributed by atoms with Crippen molar-refractivity contribution in [2.75, 3.05) is 6.54 Å². The first-order chi connectivity index (χ1) is 9.01. The van der Waals surface area contributed by atoms with Gasteiger partial charge in [0.2, 0.25) is 0 Å². The Morgan fingerprint density at radius 3 is 2.47 bits per heavy atom. The number of hydrogen-bond donors (Lipinski definition) is 1. The third kappa shape index (κ3) is 3.73. The number of aryl methyl sites for hydroxylation is 2. The second kappa shape index (κ2) is 5.96. The summed E-state index contributed by atoms with van der Waals surface area (Å²) in [5.74, 6) is 1.03. The Morgan fingerprint density at radius 2 is 1.95 bits per heavy atom. The molecule has 0 saturated heterocycles. The largest absolute Gasteiger partial charge is 0.487 e. The highest BCUT2D eigenvalue weighted by molar-refractivity contribution is 5.34. The van der Waals surface area contributed by atoms with Crippen LogP contribution < -0.4 is 10.1 Å². The molecule has 1 fully saturated rings. The van der Waals surface area contributed by atoms with E-state index in [0.717, 1.165) is 18.7 Å². The second-order valence-electron chi connectivity index (χ2n) is 6.24. The van der Waals surface area contributed by atoms with E-state index in [2.05, 4.69) is 51.2 Å². The van der Waals surface area contributed by atoms with Gasteiger partial charge in [-0.15, -0.1) is 0 Å². The molecule has 1 aromatic carbocycles. The van der Waals surface area contributed by atoms with Gasteiger partial charge in [0.15, 0.2) is 0 Å². The van der Waals surface area contributed by atoms with Crippen LogP contribution in [0.25, 0.3) is 0 Å². The second-order valence-corrected chi connectivity index (χ2v) is 6.24. The molecule has 2 rings (SSSR count). The van der Waals surface area contributed by atoms with E-state index in [4.69, 9.17) is 4.74 Å². The Balaban J connectivity index is 1.95. The molecule has 0 aliphatic heterocycles. The van der Waals surface area contributed by atoms with Gasteiger partial charge in [-0.1, -0.05) is 19.9 Å². The van der Waals surface area contributed by atoms with Crippen LogP contribution in [0.5, 0.6) is 5.75 Å². The molecule has 19 heavy (non-hydrogen) atoms. The van der Waals surface area contributed by atoms with Crippen molar-refractivity contribution in [1.82, 2.24) is 5.32 Å². The summed E-state index contributed by atoms with van der Waals surface area (Å²) < 4.78 is 6.32. The molecule has 0 atom stereocenters. The van der Waals surface area contributed by atoms with E-state index in [1.165, 1.54) is 30.4 Å². The molecule has 2 nitrogen and oxygen atoms in total. The number of nitrogens with one attached hydrogen (secondary N) is 1. The molecule has 0 amide bonds. The van der Waals surface area contributed by atoms with E-state index in [1.54, 1.807) is 0 Å². The zero-order valence-corrected chi connectivity index (χ0v) is 12.8. The highest BCUT2D eigenvalue weighted by atomic mass is 16.5. The zero-order valence-electron chi connectivity index (χ0n) is 12.8. The van der Waals surface area contributed by atoms with Crippen LogP contribution in [-0.2, 0) is 0 Å². The lowest BCUT2D eigenvalue weighted by molar-refractivity contribution is -0.0145. The van der Waals surface area contributed by atoms with Crippen LogP contribution in [0, 0.1) is 13.8 Å². The monoisotopic (exact) mass is 261 g/mol. The highest BCUT2D eigenvalue weighted by Crippen LogP contribution is 2.39. The summed E-state index contributed by atoms with van der Waals surface area (Å²) >= 11 is 0. The first-order valence-electron chi connectivity index (χ1n) is 7.50. The maximum Gasteiger partial charge on any atom is 0.120 e. The van der Waals surface area contributed by atoms with Crippen LogP contribution in [0.3, 0.4) is 0 Å². The van der Waals surface area contributed by atoms with Crippen LogP contribution in [0.1, 0.15) is 50.7 Å². The van der Waals surface area contributed by atoms with Gasteiger partial charge in [-0.25, -0.2) is 0 Å². The molecule has 1 aliphatic carbocycles. The van der Waals surface area contributed by atoms with Crippen molar-refractivity contribution in [3.05, 3.63) is 29.3 Å². The molecule has 0 unspecified atom stereocenters. The summed E-state index contributed by atoms with van der Waals surface area (Å²) in [6, 6.07) is 6.99. The molecular weight excluding hydrogens is 234 g/mol. The van der Waals surface area contributed by atoms with Gasteiger partial charge in [0.1, 0.15) is 11.4 Å². The molecule has 1 aliphatic rings. The van der Waals surface area contributed by atoms with Crippen molar-refractivity contribution in [3.8, 4) is 5.75 Å². The van der Waals surface area contributed by atoms with Crippen molar-refractivity contribution in [3.63, 3.8) is 0 Å². The molecule has 1 N–H and O–H groups in total. The van der Waals surface area contributed by atoms with Crippen molar-refractivity contribution in [1.29, 1.82) is 0 Å². The van der Waals surface area contributed by atoms with Crippen molar-refractivity contribution in [2.24, 2.45) is 0 Å². The smallest absolute Gasteiger partial charge is 0.120 e. The van der Waals surface area contributed by atoms with Gasteiger partial charge in [0.05, 0.1) is 0 Å². The lowest BCUT2D eigenvalue weighted by atomic mass is 9.77. The fourth-order valence-electron chi connectivity index (χ4n) is 2.59. The van der Waals surface area contributed by atoms with E-state index in [9.17, 15) is 0 Å². The summed E-state index contributed by atoms with van der Waals surface area (Å²) in [5, 5.41) is 3.50. The Labute approximate surface area is 117 Å². The van der Waals surface area contributed by atoms with Crippen LogP contribution in [0.2, 0.25) is 0 Å². The number of hydrogen-bond acceptors (Lipinski definition) is 2. The third-order valence-corrected chi connectivity index (χ3v) is 4.21. The normalized spacial score (nSPS) is 17.3. The summed E-state index contributed by atoms with van der Waals surface area (Å²) in [6.07, 6.45) is 4.80. The lowest BCUT2D eigenvalue weighted by Crippen LogP contribution is -2.45. The summed E-state index contributed by atoms with van der Waals surface area (Å²) in [7, 11) is 0. The first kappa shape index (κ1) is 14.4. The van der Waals surface area contributed by atoms with Gasteiger partial charge in [0, 0.05) is 6.04 Å². The van der Waals surface area contributed by atoms with Gasteiger partial charge >= 0.3 is 0 Å². The van der Waals surface area contributed by atoms with Gasteiger partial charge in [-0.3, -0.25) is 0 Å². The summed E-state index contributed by atoms with van der Waals surface area (Å²) in [4.78, 5) is 0. The van der Waals surface area contributed by atoms with E-state index in [1.807, 2.05) is 0 Å². The minimum Gasteiger partial charge on any atom is -0.487 e. The van der Waals surface area contributed by atoms with E-state index in [-0.39, 0.29) is 5.60 Å². The minimum absolute atomic E-state index is 0.0869. The number of benzene rings is 1. The zero-order chi connectivity index (χ0) is 13.9. The molecule has 0 heterocycles. The van der Waals surface area contributed by atoms with Crippen LogP contribution in [0.4, 0.5) is 0 Å². The van der Waals surface area contributed by atoms with Crippen LogP contribution in [-0.4, -0.2) is 18.2 Å². The standard InChI is InChI=1S/C17H27NO/c1-13(2)18-11-10-17(8-5-9-17)19-16-7-6-14(3)15(4)12-16/h6-7,12-13,18H,5,8-11H2,1-4H3. The van der Waals surface area contributed by atoms with Crippen molar-refractivity contribution >= 4 is 0 Å². The molecule has 0 spiro atoms. The maximum absolute atomic E-state index is 6.32. The Bertz CT molecular complexity index is 421. The topological polar surface area (TPSA) is 21.3 Å². The quantitative estimate of drug-likeness (QED) is 0.836. The molecule has 2 heteroatoms. The summed E-state index contributed by atoms with van der Waals surface area (Å²) in [5.41, 5.74) is 2.73. The van der Waals surface area contributed by atoms with Crippen LogP contribution >= 0.6 is 0 Å². The average molecular weight is 261 g/mol. The van der Waals surface area contributed by atoms with E-state index < -0.39 is 0 Å². The molecular formula is C17H27NO. The molecule has 106 valence electrons. The van der Waals surface area contributed by atoms with Gasteiger partial charge < -0.3 is 10.1 Å². The van der Waals surface area contributed by atoms with Crippen molar-refractivity contribution < 1.29 is 4.74 Å². The Kier molecular flexibility index (Phi) is 4.51. The molecule has 1 saturated carbocycles. The van der Waals surface area contributed by atoms with Crippen LogP contribution in [0.15, 0.2) is 18.2 Å². The summed E-state index contributed by atoms with van der Waals surface area (Å²) in [6.45, 7) is 9.72. The lowest BCUT2D eigenvalue weighted by Gasteiger charge is -2.42. The SMILES string of the molecule is Cc1ccc(OC2(CCNC(C)C)CCC2)cc1C. The molecule has 0 radical (unpaired) electrons. The number of ether oxygens (including phenoxy) is 1. The number of rotatable bonds is 6. The Morgan fingerprint density at radius 1 is 1.21 bits per heavy atom. The van der Waals surface area contributed by atoms with Gasteiger partial charge in [0.25, 0.3) is 0 Å². The van der Waals surface area contributed by atoms with E-state index in [0.29, 0.717) is 6.04 Å². The molecule has 1 aromatic rings. The third-order valence-electron chi connectivity index (χ3n) is 4.21. The van der Waals surface area contributed by atoms with Gasteiger partial charge in [-0.2, -0.15) is 0 Å². The van der Waals surface area contributed by atoms with E-state index >= 15 is 0 Å². The predicted molar refractivity (Wildman–Crippen MR) is 80.9 cm³/mol. The average Bonchev–Trinajstić information content (AvgIpc) is 2.30. The Hall–Kier alpha value is -1.02. The molecule has 0 aromatic heterocycles. The minimum atomic E-state index is 0.0869. The van der Waals surface area contributed by atoms with Crippen molar-refractivity contribution in [2.45, 2.75) is 65.0 Å². The van der Waals surface area contributed by atoms with Gasteiger partial charge in [-0.05, 0) is 69.3 Å².